The van der Waals surface area contributed by atoms with Gasteiger partial charge in [-0.25, -0.2) is 14.2 Å². The first-order chi connectivity index (χ1) is 31.6. The van der Waals surface area contributed by atoms with Crippen LogP contribution in [0.25, 0.3) is 22.3 Å². The minimum Gasteiger partial charge on any atom is -0.507 e. The van der Waals surface area contributed by atoms with Gasteiger partial charge in [0.25, 0.3) is 0 Å². The van der Waals surface area contributed by atoms with E-state index in [1.807, 2.05) is 37.3 Å². The van der Waals surface area contributed by atoms with Gasteiger partial charge in [-0.3, -0.25) is 15.0 Å². The first-order valence-corrected chi connectivity index (χ1v) is 23.2. The van der Waals surface area contributed by atoms with Crippen LogP contribution in [-0.2, 0) is 14.3 Å². The van der Waals surface area contributed by atoms with Crippen molar-refractivity contribution in [3.05, 3.63) is 78.4 Å². The first kappa shape index (κ1) is 41.7. The molecule has 0 saturated carbocycles. The molecule has 2 atom stereocenters. The number of ether oxygens (including phenoxy) is 2. The normalized spacial score (nSPS) is 23.2. The average molecular weight is 886 g/mol. The number of hydrogen-bond donors (Lipinski definition) is 3. The number of para-hydroxylation sites is 1. The monoisotopic (exact) mass is 885 g/mol. The van der Waals surface area contributed by atoms with Crippen LogP contribution in [0.4, 0.5) is 37.8 Å². The van der Waals surface area contributed by atoms with Gasteiger partial charge in [-0.05, 0) is 86.6 Å². The van der Waals surface area contributed by atoms with E-state index in [0.29, 0.717) is 54.1 Å². The molecule has 0 aliphatic carbocycles. The Morgan fingerprint density at radius 1 is 0.862 bits per heavy atom. The number of imide groups is 1. The molecule has 2 aromatic carbocycles. The summed E-state index contributed by atoms with van der Waals surface area (Å²) in [6.45, 7) is 9.43. The van der Waals surface area contributed by atoms with Gasteiger partial charge in [0.05, 0.1) is 48.2 Å². The number of phenols is 1. The molecule has 340 valence electrons. The number of aromatic nitrogens is 4. The number of pyridine rings is 1. The molecule has 6 fully saturated rings. The Labute approximate surface area is 377 Å². The lowest BCUT2D eigenvalue weighted by Crippen LogP contribution is -2.54. The van der Waals surface area contributed by atoms with Crippen LogP contribution >= 0.6 is 0 Å². The Hall–Kier alpha value is -6.04. The van der Waals surface area contributed by atoms with Gasteiger partial charge in [0, 0.05) is 107 Å². The molecule has 17 heteroatoms. The fraction of sp³-hybridized carbons (Fsp3) is 0.479. The summed E-state index contributed by atoms with van der Waals surface area (Å²) in [5.41, 5.74) is 12.7. The molecular formula is C48H56FN11O5. The number of phenolic OH excluding ortho intramolecular Hbond substituents is 1. The number of urea groups is 1. The van der Waals surface area contributed by atoms with Crippen LogP contribution in [0.3, 0.4) is 0 Å². The second-order valence-electron chi connectivity index (χ2n) is 18.8. The number of nitrogens with two attached hydrogens (primary N) is 1. The van der Waals surface area contributed by atoms with Crippen molar-refractivity contribution in [3.63, 3.8) is 0 Å². The lowest BCUT2D eigenvalue weighted by Gasteiger charge is -2.46. The highest BCUT2D eigenvalue weighted by molar-refractivity contribution is 6.06. The fourth-order valence-electron chi connectivity index (χ4n) is 11.2. The summed E-state index contributed by atoms with van der Waals surface area (Å²) in [5.74, 6) is 0.0514. The van der Waals surface area contributed by atoms with Crippen LogP contribution in [0.1, 0.15) is 56.6 Å². The number of fused-ring (bicyclic) bond motifs is 3. The van der Waals surface area contributed by atoms with Gasteiger partial charge in [-0.15, -0.1) is 10.2 Å². The quantitative estimate of drug-likeness (QED) is 0.170. The summed E-state index contributed by atoms with van der Waals surface area (Å²) in [6, 6.07) is 16.7. The van der Waals surface area contributed by atoms with Gasteiger partial charge in [-0.1, -0.05) is 12.1 Å². The predicted molar refractivity (Wildman–Crippen MR) is 246 cm³/mol. The number of carbonyl (C=O) groups is 2. The van der Waals surface area contributed by atoms with Gasteiger partial charge < -0.3 is 44.5 Å². The van der Waals surface area contributed by atoms with E-state index in [2.05, 4.69) is 51.9 Å². The molecule has 11 rings (SSSR count). The Kier molecular flexibility index (Phi) is 10.7. The average Bonchev–Trinajstić information content (AvgIpc) is 3.78. The molecule has 9 heterocycles. The number of nitrogens with one attached hydrogen (secondary N) is 1. The highest BCUT2D eigenvalue weighted by atomic mass is 19.1. The number of nitrogen functional groups attached to an aromatic ring is 1. The highest BCUT2D eigenvalue weighted by Gasteiger charge is 2.43. The highest BCUT2D eigenvalue weighted by Crippen LogP contribution is 2.42. The fourth-order valence-corrected chi connectivity index (χ4v) is 11.2. The number of hydrogen-bond acceptors (Lipinski definition) is 13. The number of likely N-dealkylation sites (tertiary alicyclic amines) is 1. The third-order valence-corrected chi connectivity index (χ3v) is 14.8. The number of benzene rings is 2. The summed E-state index contributed by atoms with van der Waals surface area (Å²) in [4.78, 5) is 40.0. The number of aryl methyl sites for hydroxylation is 1. The van der Waals surface area contributed by atoms with Crippen LogP contribution in [0.2, 0.25) is 0 Å². The van der Waals surface area contributed by atoms with E-state index < -0.39 is 11.8 Å². The maximum atomic E-state index is 15.6. The molecule has 4 N–H and O–H groups in total. The van der Waals surface area contributed by atoms with Crippen molar-refractivity contribution < 1.29 is 28.6 Å². The summed E-state index contributed by atoms with van der Waals surface area (Å²) in [5, 5.41) is 22.4. The zero-order valence-corrected chi connectivity index (χ0v) is 36.7. The summed E-state index contributed by atoms with van der Waals surface area (Å²) < 4.78 is 30.9. The number of piperidine rings is 2. The Morgan fingerprint density at radius 2 is 1.62 bits per heavy atom. The minimum absolute atomic E-state index is 0.0258. The molecule has 0 radical (unpaired) electrons. The largest absolute Gasteiger partial charge is 0.507 e. The zero-order valence-electron chi connectivity index (χ0n) is 36.7. The molecule has 2 unspecified atom stereocenters. The lowest BCUT2D eigenvalue weighted by atomic mass is 9.94. The van der Waals surface area contributed by atoms with Crippen LogP contribution in [0.15, 0.2) is 67.0 Å². The number of amides is 3. The van der Waals surface area contributed by atoms with Crippen molar-refractivity contribution in [2.45, 2.75) is 75.8 Å². The second-order valence-corrected chi connectivity index (χ2v) is 18.8. The van der Waals surface area contributed by atoms with Crippen molar-refractivity contribution in [2.24, 2.45) is 5.92 Å². The van der Waals surface area contributed by atoms with Gasteiger partial charge in [-0.2, -0.15) is 0 Å². The van der Waals surface area contributed by atoms with Crippen LogP contribution in [-0.4, -0.2) is 125 Å². The van der Waals surface area contributed by atoms with Crippen molar-refractivity contribution in [1.82, 2.24) is 30.0 Å². The third-order valence-electron chi connectivity index (χ3n) is 14.8. The Morgan fingerprint density at radius 3 is 2.35 bits per heavy atom. The number of rotatable bonds is 8. The predicted octanol–water partition coefficient (Wildman–Crippen LogP) is 5.83. The summed E-state index contributed by atoms with van der Waals surface area (Å²) >= 11 is 0. The molecular weight excluding hydrogens is 830 g/mol. The lowest BCUT2D eigenvalue weighted by molar-refractivity contribution is -0.295. The van der Waals surface area contributed by atoms with E-state index in [9.17, 15) is 14.7 Å². The Balaban J connectivity index is 0.668. The summed E-state index contributed by atoms with van der Waals surface area (Å²) in [6.07, 6.45) is 9.77. The molecule has 6 aliphatic rings. The molecule has 3 amide bonds. The van der Waals surface area contributed by atoms with Gasteiger partial charge in [0.15, 0.2) is 11.6 Å². The maximum Gasteiger partial charge on any atom is 0.328 e. The van der Waals surface area contributed by atoms with Crippen molar-refractivity contribution in [1.29, 1.82) is 0 Å². The maximum absolute atomic E-state index is 15.6. The third kappa shape index (κ3) is 7.86. The van der Waals surface area contributed by atoms with Crippen molar-refractivity contribution in [2.75, 3.05) is 90.9 Å². The number of halogens is 1. The molecule has 2 bridgehead atoms. The summed E-state index contributed by atoms with van der Waals surface area (Å²) in [7, 11) is 0. The SMILES string of the molecule is Cc1cn(C2COC3(CCN(CC4CCN(c5cc(N6C7CCC6CN(c6cc(-c8ccccc8O)nnc6N)C7)ccc5F)CC4)CC3)OC2)c2ncc(N3CCC(=O)NC3=O)cc12. The minimum atomic E-state index is -0.580. The van der Waals surface area contributed by atoms with Gasteiger partial charge in [0.2, 0.25) is 5.91 Å². The van der Waals surface area contributed by atoms with Gasteiger partial charge >= 0.3 is 6.03 Å². The number of aromatic hydroxyl groups is 1. The smallest absolute Gasteiger partial charge is 0.328 e. The van der Waals surface area contributed by atoms with Gasteiger partial charge in [0.1, 0.15) is 17.2 Å². The standard InChI is InChI=1S/C48H56FN11O5/c1-30-24-59(46-38(30)20-35(23-51-46)58-17-12-44(62)52-47(58)63)36-28-64-48(65-29-36)13-18-55(19-14-48)25-31-10-15-56(16-11-31)41-21-32(8-9-39(41)49)60-33-6-7-34(60)27-57(26-33)42-22-40(53-54-45(42)50)37-4-2-3-5-43(37)61/h2-5,8-9,20-24,31,33-34,36,61H,6-7,10-19,25-29H2,1H3,(H2,50,54)(H,52,62,63). The number of carbonyl (C=O) groups excluding carboxylic acids is 2. The van der Waals surface area contributed by atoms with E-state index >= 15 is 4.39 Å². The molecule has 3 aromatic heterocycles. The second kappa shape index (κ2) is 16.7. The van der Waals surface area contributed by atoms with Crippen LogP contribution in [0.5, 0.6) is 5.75 Å². The van der Waals surface area contributed by atoms with Crippen LogP contribution in [0, 0.1) is 18.7 Å². The topological polar surface area (TPSA) is 171 Å². The van der Waals surface area contributed by atoms with Crippen molar-refractivity contribution >= 4 is 51.5 Å². The zero-order chi connectivity index (χ0) is 44.4. The first-order valence-electron chi connectivity index (χ1n) is 23.2. The molecule has 6 saturated heterocycles. The van der Waals surface area contributed by atoms with Crippen LogP contribution < -0.4 is 30.7 Å². The van der Waals surface area contributed by atoms with E-state index in [-0.39, 0.29) is 42.0 Å². The molecule has 16 nitrogen and oxygen atoms in total. The molecule has 5 aromatic rings. The molecule has 6 aliphatic heterocycles. The van der Waals surface area contributed by atoms with Crippen molar-refractivity contribution in [3.8, 4) is 17.0 Å². The number of anilines is 5. The number of nitrogens with zero attached hydrogens (tertiary/aromatic N) is 9. The number of piperazine rings is 1. The molecule has 1 spiro atoms. The molecule has 65 heavy (non-hydrogen) atoms. The van der Waals surface area contributed by atoms with E-state index in [0.717, 1.165) is 112 Å². The Bertz CT molecular complexity index is 2600. The van der Waals surface area contributed by atoms with E-state index in [4.69, 9.17) is 20.2 Å². The van der Waals surface area contributed by atoms with E-state index in [1.165, 1.54) is 0 Å². The van der Waals surface area contributed by atoms with E-state index in [1.54, 1.807) is 29.3 Å².